The van der Waals surface area contributed by atoms with Crippen molar-refractivity contribution in [2.24, 2.45) is 0 Å². The zero-order valence-corrected chi connectivity index (χ0v) is 12.7. The average Bonchev–Trinajstić information content (AvgIpc) is 3.24. The van der Waals surface area contributed by atoms with Gasteiger partial charge in [-0.15, -0.1) is 0 Å². The smallest absolute Gasteiger partial charge is 0.230 e. The van der Waals surface area contributed by atoms with Gasteiger partial charge in [-0.25, -0.2) is 0 Å². The Bertz CT molecular complexity index is 665. The van der Waals surface area contributed by atoms with Crippen molar-refractivity contribution in [1.82, 2.24) is 15.1 Å². The van der Waals surface area contributed by atoms with E-state index >= 15 is 0 Å². The first-order chi connectivity index (χ1) is 10.8. The molecular formula is C18H21N3O. The summed E-state index contributed by atoms with van der Waals surface area (Å²) >= 11 is 0. The summed E-state index contributed by atoms with van der Waals surface area (Å²) in [7, 11) is 0. The fourth-order valence-electron chi connectivity index (χ4n) is 3.96. The summed E-state index contributed by atoms with van der Waals surface area (Å²) in [6.07, 6.45) is 5.99. The van der Waals surface area contributed by atoms with Gasteiger partial charge in [0.15, 0.2) is 0 Å². The zero-order chi connectivity index (χ0) is 14.9. The molecule has 0 saturated carbocycles. The van der Waals surface area contributed by atoms with Crippen molar-refractivity contribution in [2.75, 3.05) is 13.1 Å². The molecule has 1 saturated heterocycles. The number of nitrogens with one attached hydrogen (secondary N) is 1. The lowest BCUT2D eigenvalue weighted by Crippen LogP contribution is -2.41. The molecule has 114 valence electrons. The van der Waals surface area contributed by atoms with E-state index in [-0.39, 0.29) is 5.92 Å². The topological polar surface area (TPSA) is 49.0 Å². The minimum atomic E-state index is 0.0664. The number of H-pyrrole nitrogens is 1. The van der Waals surface area contributed by atoms with Crippen molar-refractivity contribution < 1.29 is 4.79 Å². The first-order valence-corrected chi connectivity index (χ1v) is 8.19. The van der Waals surface area contributed by atoms with Crippen LogP contribution in [0.1, 0.15) is 47.9 Å². The number of hydrogen-bond acceptors (Lipinski definition) is 2. The maximum atomic E-state index is 13.0. The van der Waals surface area contributed by atoms with Gasteiger partial charge in [0, 0.05) is 30.9 Å². The van der Waals surface area contributed by atoms with Crippen molar-refractivity contribution in [3.8, 4) is 0 Å². The van der Waals surface area contributed by atoms with E-state index < -0.39 is 0 Å². The predicted molar refractivity (Wildman–Crippen MR) is 84.6 cm³/mol. The lowest BCUT2D eigenvalue weighted by molar-refractivity contribution is -0.134. The molecule has 2 heterocycles. The molecule has 0 spiro atoms. The second-order valence-corrected chi connectivity index (χ2v) is 6.43. The maximum Gasteiger partial charge on any atom is 0.230 e. The van der Waals surface area contributed by atoms with Gasteiger partial charge in [-0.05, 0) is 42.9 Å². The van der Waals surface area contributed by atoms with Crippen LogP contribution in [0.15, 0.2) is 36.5 Å². The summed E-state index contributed by atoms with van der Waals surface area (Å²) in [4.78, 5) is 15.0. The Labute approximate surface area is 130 Å². The molecule has 2 unspecified atom stereocenters. The van der Waals surface area contributed by atoms with E-state index in [0.29, 0.717) is 11.8 Å². The van der Waals surface area contributed by atoms with Gasteiger partial charge in [-0.2, -0.15) is 5.10 Å². The fourth-order valence-corrected chi connectivity index (χ4v) is 3.96. The summed E-state index contributed by atoms with van der Waals surface area (Å²) in [5, 5.41) is 7.11. The normalized spacial score (nSPS) is 24.3. The molecule has 4 nitrogen and oxygen atoms in total. The third-order valence-corrected chi connectivity index (χ3v) is 5.13. The molecular weight excluding hydrogens is 274 g/mol. The molecule has 4 rings (SSSR count). The molecule has 4 heteroatoms. The van der Waals surface area contributed by atoms with Crippen LogP contribution in [0.3, 0.4) is 0 Å². The number of amides is 1. The largest absolute Gasteiger partial charge is 0.342 e. The van der Waals surface area contributed by atoms with Crippen LogP contribution in [-0.4, -0.2) is 34.1 Å². The Kier molecular flexibility index (Phi) is 3.45. The first-order valence-electron chi connectivity index (χ1n) is 8.19. The number of aromatic nitrogens is 2. The number of piperidine rings is 1. The van der Waals surface area contributed by atoms with E-state index in [4.69, 9.17) is 0 Å². The van der Waals surface area contributed by atoms with Crippen LogP contribution >= 0.6 is 0 Å². The third kappa shape index (κ3) is 2.32. The predicted octanol–water partition coefficient (Wildman–Crippen LogP) is 2.85. The molecule has 2 aliphatic rings. The molecule has 2 aromatic rings. The van der Waals surface area contributed by atoms with E-state index in [1.54, 1.807) is 6.20 Å². The molecule has 1 N–H and O–H groups in total. The van der Waals surface area contributed by atoms with Gasteiger partial charge < -0.3 is 4.90 Å². The number of benzene rings is 1. The number of likely N-dealkylation sites (tertiary alicyclic amines) is 1. The number of aromatic amines is 1. The first kappa shape index (κ1) is 13.6. The summed E-state index contributed by atoms with van der Waals surface area (Å²) in [6.45, 7) is 1.71. The van der Waals surface area contributed by atoms with Crippen LogP contribution < -0.4 is 0 Å². The van der Waals surface area contributed by atoms with Crippen molar-refractivity contribution in [3.05, 3.63) is 53.3 Å². The third-order valence-electron chi connectivity index (χ3n) is 5.13. The number of rotatable bonds is 2. The monoisotopic (exact) mass is 295 g/mol. The molecule has 1 aliphatic heterocycles. The number of nitrogens with zero attached hydrogens (tertiary/aromatic N) is 2. The standard InChI is InChI=1S/C18H21N3O/c22-18(16-8-7-13-4-1-2-6-15(13)16)21-11-3-5-14(12-21)17-9-10-19-20-17/h1-2,4,6,9-10,14,16H,3,5,7-8,11-12H2,(H,19,20). The number of carbonyl (C=O) groups is 1. The van der Waals surface area contributed by atoms with Gasteiger partial charge in [-0.1, -0.05) is 24.3 Å². The summed E-state index contributed by atoms with van der Waals surface area (Å²) < 4.78 is 0. The number of hydrogen-bond donors (Lipinski definition) is 1. The molecule has 22 heavy (non-hydrogen) atoms. The highest BCUT2D eigenvalue weighted by molar-refractivity contribution is 5.85. The summed E-state index contributed by atoms with van der Waals surface area (Å²) in [5.74, 6) is 0.780. The van der Waals surface area contributed by atoms with Crippen molar-refractivity contribution in [3.63, 3.8) is 0 Å². The Morgan fingerprint density at radius 2 is 2.14 bits per heavy atom. The maximum absolute atomic E-state index is 13.0. The second-order valence-electron chi connectivity index (χ2n) is 6.43. The molecule has 1 amide bonds. The van der Waals surface area contributed by atoms with E-state index in [1.165, 1.54) is 11.1 Å². The highest BCUT2D eigenvalue weighted by atomic mass is 16.2. The second kappa shape index (κ2) is 5.59. The Balaban J connectivity index is 1.51. The molecule has 0 radical (unpaired) electrons. The fraction of sp³-hybridized carbons (Fsp3) is 0.444. The molecule has 1 aromatic heterocycles. The Hall–Kier alpha value is -2.10. The number of carbonyl (C=O) groups excluding carboxylic acids is 1. The van der Waals surface area contributed by atoms with Gasteiger partial charge >= 0.3 is 0 Å². The van der Waals surface area contributed by atoms with Crippen LogP contribution in [0.25, 0.3) is 0 Å². The SMILES string of the molecule is O=C(C1CCc2ccccc21)N1CCCC(c2ccn[nH]2)C1. The minimum Gasteiger partial charge on any atom is -0.342 e. The van der Waals surface area contributed by atoms with Crippen LogP contribution in [0.4, 0.5) is 0 Å². The van der Waals surface area contributed by atoms with Crippen LogP contribution in [0.5, 0.6) is 0 Å². The van der Waals surface area contributed by atoms with E-state index in [9.17, 15) is 4.79 Å². The van der Waals surface area contributed by atoms with Gasteiger partial charge in [-0.3, -0.25) is 9.89 Å². The van der Waals surface area contributed by atoms with E-state index in [2.05, 4.69) is 33.3 Å². The highest BCUT2D eigenvalue weighted by Crippen LogP contribution is 2.36. The van der Waals surface area contributed by atoms with Gasteiger partial charge in [0.05, 0.1) is 5.92 Å². The Morgan fingerprint density at radius 1 is 1.23 bits per heavy atom. The van der Waals surface area contributed by atoms with Gasteiger partial charge in [0.25, 0.3) is 0 Å². The molecule has 1 fully saturated rings. The minimum absolute atomic E-state index is 0.0664. The lowest BCUT2D eigenvalue weighted by atomic mass is 9.92. The van der Waals surface area contributed by atoms with Gasteiger partial charge in [0.1, 0.15) is 0 Å². The van der Waals surface area contributed by atoms with Crippen LogP contribution in [0.2, 0.25) is 0 Å². The lowest BCUT2D eigenvalue weighted by Gasteiger charge is -2.34. The van der Waals surface area contributed by atoms with Crippen molar-refractivity contribution >= 4 is 5.91 Å². The van der Waals surface area contributed by atoms with E-state index in [0.717, 1.165) is 44.5 Å². The summed E-state index contributed by atoms with van der Waals surface area (Å²) in [6, 6.07) is 10.4. The summed E-state index contributed by atoms with van der Waals surface area (Å²) in [5.41, 5.74) is 3.75. The van der Waals surface area contributed by atoms with Crippen molar-refractivity contribution in [2.45, 2.75) is 37.5 Å². The number of fused-ring (bicyclic) bond motifs is 1. The molecule has 1 aromatic carbocycles. The van der Waals surface area contributed by atoms with Crippen LogP contribution in [-0.2, 0) is 11.2 Å². The quantitative estimate of drug-likeness (QED) is 0.926. The van der Waals surface area contributed by atoms with Crippen LogP contribution in [0, 0.1) is 0 Å². The molecule has 0 bridgehead atoms. The Morgan fingerprint density at radius 3 is 3.00 bits per heavy atom. The zero-order valence-electron chi connectivity index (χ0n) is 12.7. The highest BCUT2D eigenvalue weighted by Gasteiger charge is 2.34. The van der Waals surface area contributed by atoms with Crippen molar-refractivity contribution in [1.29, 1.82) is 0 Å². The molecule has 2 atom stereocenters. The molecule has 1 aliphatic carbocycles. The average molecular weight is 295 g/mol. The van der Waals surface area contributed by atoms with E-state index in [1.807, 2.05) is 12.1 Å². The number of aryl methyl sites for hydroxylation is 1. The van der Waals surface area contributed by atoms with Gasteiger partial charge in [0.2, 0.25) is 5.91 Å².